The third-order valence-corrected chi connectivity index (χ3v) is 3.46. The van der Waals surface area contributed by atoms with E-state index in [0.29, 0.717) is 0 Å². The van der Waals surface area contributed by atoms with Gasteiger partial charge in [-0.05, 0) is 63.0 Å². The van der Waals surface area contributed by atoms with Crippen molar-refractivity contribution in [1.82, 2.24) is 5.32 Å². The number of halogens is 1. The second-order valence-corrected chi connectivity index (χ2v) is 5.07. The Morgan fingerprint density at radius 1 is 1.24 bits per heavy atom. The number of rotatable bonds is 8. The Hall–Kier alpha value is -0.540. The molecule has 0 atom stereocenters. The van der Waals surface area contributed by atoms with E-state index in [9.17, 15) is 0 Å². The lowest BCUT2D eigenvalue weighted by molar-refractivity contribution is 0.305. The van der Waals surface area contributed by atoms with E-state index < -0.39 is 0 Å². The Bertz CT molecular complexity index is 328. The number of benzene rings is 1. The maximum Gasteiger partial charge on any atom is 0.119 e. The minimum Gasteiger partial charge on any atom is -0.494 e. The van der Waals surface area contributed by atoms with Crippen LogP contribution in [0.5, 0.6) is 5.75 Å². The summed E-state index contributed by atoms with van der Waals surface area (Å²) in [5.41, 5.74) is 1.21. The van der Waals surface area contributed by atoms with Crippen molar-refractivity contribution in [2.45, 2.75) is 33.1 Å². The van der Waals surface area contributed by atoms with Crippen molar-refractivity contribution < 1.29 is 4.74 Å². The fraction of sp³-hybridized carbons (Fsp3) is 0.571. The molecule has 0 aliphatic heterocycles. The largest absolute Gasteiger partial charge is 0.494 e. The first-order valence-corrected chi connectivity index (χ1v) is 7.13. The maximum atomic E-state index is 5.70. The van der Waals surface area contributed by atoms with Gasteiger partial charge in [-0.25, -0.2) is 0 Å². The molecule has 0 aliphatic rings. The molecule has 0 unspecified atom stereocenters. The van der Waals surface area contributed by atoms with E-state index in [2.05, 4.69) is 41.2 Å². The van der Waals surface area contributed by atoms with Crippen molar-refractivity contribution >= 4 is 15.9 Å². The second kappa shape index (κ2) is 8.54. The standard InChI is InChI=1S/C14H22BrNO/c1-3-8-16-9-4-5-10-17-13-6-7-14(15)12(2)11-13/h6-7,11,16H,3-5,8-10H2,1-2H3. The third kappa shape index (κ3) is 6.08. The fourth-order valence-corrected chi connectivity index (χ4v) is 1.80. The quantitative estimate of drug-likeness (QED) is 0.735. The smallest absolute Gasteiger partial charge is 0.119 e. The van der Waals surface area contributed by atoms with Crippen molar-refractivity contribution in [3.05, 3.63) is 28.2 Å². The van der Waals surface area contributed by atoms with E-state index in [-0.39, 0.29) is 0 Å². The molecule has 96 valence electrons. The summed E-state index contributed by atoms with van der Waals surface area (Å²) in [6, 6.07) is 6.11. The summed E-state index contributed by atoms with van der Waals surface area (Å²) in [6.45, 7) is 7.27. The van der Waals surface area contributed by atoms with E-state index in [0.717, 1.165) is 36.3 Å². The second-order valence-electron chi connectivity index (χ2n) is 4.22. The molecule has 17 heavy (non-hydrogen) atoms. The van der Waals surface area contributed by atoms with Crippen molar-refractivity contribution in [2.75, 3.05) is 19.7 Å². The van der Waals surface area contributed by atoms with Crippen LogP contribution in [0.4, 0.5) is 0 Å². The molecule has 2 nitrogen and oxygen atoms in total. The highest BCUT2D eigenvalue weighted by molar-refractivity contribution is 9.10. The van der Waals surface area contributed by atoms with E-state index in [1.165, 1.54) is 18.4 Å². The molecule has 0 aliphatic carbocycles. The predicted octanol–water partition coefficient (Wildman–Crippen LogP) is 3.92. The van der Waals surface area contributed by atoms with Crippen LogP contribution in [0.25, 0.3) is 0 Å². The summed E-state index contributed by atoms with van der Waals surface area (Å²) >= 11 is 3.48. The first-order valence-electron chi connectivity index (χ1n) is 6.33. The van der Waals surface area contributed by atoms with Gasteiger partial charge in [-0.15, -0.1) is 0 Å². The Kier molecular flexibility index (Phi) is 7.29. The monoisotopic (exact) mass is 299 g/mol. The average molecular weight is 300 g/mol. The van der Waals surface area contributed by atoms with Crippen LogP contribution in [0.15, 0.2) is 22.7 Å². The number of aryl methyl sites for hydroxylation is 1. The van der Waals surface area contributed by atoms with Crippen LogP contribution in [-0.2, 0) is 0 Å². The lowest BCUT2D eigenvalue weighted by Crippen LogP contribution is -2.16. The first kappa shape index (κ1) is 14.5. The summed E-state index contributed by atoms with van der Waals surface area (Å²) in [6.07, 6.45) is 3.48. The number of ether oxygens (including phenoxy) is 1. The molecular formula is C14H22BrNO. The molecule has 0 spiro atoms. The Balaban J connectivity index is 2.11. The van der Waals surface area contributed by atoms with Gasteiger partial charge in [-0.2, -0.15) is 0 Å². The maximum absolute atomic E-state index is 5.70. The average Bonchev–Trinajstić information content (AvgIpc) is 2.32. The van der Waals surface area contributed by atoms with Crippen LogP contribution in [-0.4, -0.2) is 19.7 Å². The van der Waals surface area contributed by atoms with E-state index >= 15 is 0 Å². The molecule has 0 saturated heterocycles. The van der Waals surface area contributed by atoms with Gasteiger partial charge in [0.05, 0.1) is 6.61 Å². The third-order valence-electron chi connectivity index (χ3n) is 2.57. The van der Waals surface area contributed by atoms with Gasteiger partial charge < -0.3 is 10.1 Å². The van der Waals surface area contributed by atoms with Crippen LogP contribution in [0.2, 0.25) is 0 Å². The zero-order valence-electron chi connectivity index (χ0n) is 10.8. The highest BCUT2D eigenvalue weighted by Gasteiger charge is 1.98. The van der Waals surface area contributed by atoms with Crippen LogP contribution in [0.1, 0.15) is 31.7 Å². The highest BCUT2D eigenvalue weighted by atomic mass is 79.9. The van der Waals surface area contributed by atoms with Gasteiger partial charge in [-0.3, -0.25) is 0 Å². The van der Waals surface area contributed by atoms with Gasteiger partial charge in [0.25, 0.3) is 0 Å². The highest BCUT2D eigenvalue weighted by Crippen LogP contribution is 2.21. The van der Waals surface area contributed by atoms with E-state index in [1.54, 1.807) is 0 Å². The fourth-order valence-electron chi connectivity index (χ4n) is 1.55. The van der Waals surface area contributed by atoms with Crippen molar-refractivity contribution in [1.29, 1.82) is 0 Å². The van der Waals surface area contributed by atoms with E-state index in [1.807, 2.05) is 12.1 Å². The molecule has 0 radical (unpaired) electrons. The summed E-state index contributed by atoms with van der Waals surface area (Å²) < 4.78 is 6.83. The molecule has 0 fully saturated rings. The van der Waals surface area contributed by atoms with Crippen LogP contribution in [0, 0.1) is 6.92 Å². The molecule has 1 aromatic carbocycles. The van der Waals surface area contributed by atoms with Gasteiger partial charge in [0.1, 0.15) is 5.75 Å². The summed E-state index contributed by atoms with van der Waals surface area (Å²) in [5, 5.41) is 3.39. The van der Waals surface area contributed by atoms with Gasteiger partial charge in [0, 0.05) is 4.47 Å². The van der Waals surface area contributed by atoms with Gasteiger partial charge in [0.2, 0.25) is 0 Å². The molecule has 0 saturated carbocycles. The molecular weight excluding hydrogens is 278 g/mol. The number of nitrogens with one attached hydrogen (secondary N) is 1. The summed E-state index contributed by atoms with van der Waals surface area (Å²) in [7, 11) is 0. The SMILES string of the molecule is CCCNCCCCOc1ccc(Br)c(C)c1. The molecule has 0 bridgehead atoms. The van der Waals surface area contributed by atoms with E-state index in [4.69, 9.17) is 4.74 Å². The molecule has 1 rings (SSSR count). The molecule has 0 amide bonds. The first-order chi connectivity index (χ1) is 8.24. The lowest BCUT2D eigenvalue weighted by atomic mass is 10.2. The molecule has 0 aromatic heterocycles. The van der Waals surface area contributed by atoms with Crippen molar-refractivity contribution in [3.8, 4) is 5.75 Å². The number of hydrogen-bond acceptors (Lipinski definition) is 2. The van der Waals surface area contributed by atoms with Gasteiger partial charge >= 0.3 is 0 Å². The molecule has 1 aromatic rings. The Labute approximate surface area is 113 Å². The molecule has 0 heterocycles. The molecule has 1 N–H and O–H groups in total. The summed E-state index contributed by atoms with van der Waals surface area (Å²) in [5.74, 6) is 0.965. The lowest BCUT2D eigenvalue weighted by Gasteiger charge is -2.08. The topological polar surface area (TPSA) is 21.3 Å². The zero-order valence-corrected chi connectivity index (χ0v) is 12.3. The zero-order chi connectivity index (χ0) is 12.5. The van der Waals surface area contributed by atoms with Crippen molar-refractivity contribution in [3.63, 3.8) is 0 Å². The molecule has 3 heteroatoms. The van der Waals surface area contributed by atoms with Crippen LogP contribution >= 0.6 is 15.9 Å². The normalized spacial score (nSPS) is 10.5. The minimum atomic E-state index is 0.800. The Morgan fingerprint density at radius 3 is 2.76 bits per heavy atom. The summed E-state index contributed by atoms with van der Waals surface area (Å²) in [4.78, 5) is 0. The van der Waals surface area contributed by atoms with Gasteiger partial charge in [-0.1, -0.05) is 22.9 Å². The predicted molar refractivity (Wildman–Crippen MR) is 76.8 cm³/mol. The van der Waals surface area contributed by atoms with Gasteiger partial charge in [0.15, 0.2) is 0 Å². The van der Waals surface area contributed by atoms with Crippen LogP contribution in [0.3, 0.4) is 0 Å². The van der Waals surface area contributed by atoms with Crippen molar-refractivity contribution in [2.24, 2.45) is 0 Å². The van der Waals surface area contributed by atoms with Crippen LogP contribution < -0.4 is 10.1 Å². The number of unbranched alkanes of at least 4 members (excludes halogenated alkanes) is 1. The minimum absolute atomic E-state index is 0.800. The number of hydrogen-bond donors (Lipinski definition) is 1. The Morgan fingerprint density at radius 2 is 2.06 bits per heavy atom.